The Balaban J connectivity index is 1.89. The molecule has 0 aromatic heterocycles. The van der Waals surface area contributed by atoms with Gasteiger partial charge in [0.25, 0.3) is 5.91 Å². The van der Waals surface area contributed by atoms with Crippen molar-refractivity contribution in [2.75, 3.05) is 6.79 Å². The monoisotopic (exact) mass is 329 g/mol. The third-order valence-corrected chi connectivity index (χ3v) is 3.65. The third-order valence-electron chi connectivity index (χ3n) is 3.65. The average molecular weight is 329 g/mol. The number of aliphatic carboxylic acids is 1. The standard InChI is InChI=1S/C17H15NO6/c19-15(17(21)22)14(18-16(20)10-4-2-1-3-5-10)11-6-7-12-13(8-11)24-9-23-12/h1-8,14-15,19H,9H2,(H,18,20)(H,21,22). The number of fused-ring (bicyclic) bond motifs is 1. The highest BCUT2D eigenvalue weighted by Gasteiger charge is 2.30. The quantitative estimate of drug-likeness (QED) is 0.764. The Morgan fingerprint density at radius 1 is 1.04 bits per heavy atom. The number of nitrogens with one attached hydrogen (secondary N) is 1. The van der Waals surface area contributed by atoms with Gasteiger partial charge < -0.3 is 25.0 Å². The van der Waals surface area contributed by atoms with E-state index < -0.39 is 24.0 Å². The van der Waals surface area contributed by atoms with Crippen LogP contribution in [0.2, 0.25) is 0 Å². The van der Waals surface area contributed by atoms with Gasteiger partial charge in [0, 0.05) is 5.56 Å². The molecule has 3 rings (SSSR count). The van der Waals surface area contributed by atoms with Gasteiger partial charge in [-0.1, -0.05) is 24.3 Å². The number of carbonyl (C=O) groups excluding carboxylic acids is 1. The Bertz CT molecular complexity index is 761. The molecule has 2 atom stereocenters. The first-order chi connectivity index (χ1) is 11.6. The summed E-state index contributed by atoms with van der Waals surface area (Å²) in [6, 6.07) is 11.9. The minimum absolute atomic E-state index is 0.0707. The van der Waals surface area contributed by atoms with Gasteiger partial charge >= 0.3 is 5.97 Å². The summed E-state index contributed by atoms with van der Waals surface area (Å²) in [6.45, 7) is 0.0707. The van der Waals surface area contributed by atoms with Gasteiger partial charge in [-0.05, 0) is 29.8 Å². The summed E-state index contributed by atoms with van der Waals surface area (Å²) in [7, 11) is 0. The summed E-state index contributed by atoms with van der Waals surface area (Å²) < 4.78 is 10.5. The Labute approximate surface area is 137 Å². The maximum absolute atomic E-state index is 12.3. The van der Waals surface area contributed by atoms with Crippen molar-refractivity contribution in [3.8, 4) is 11.5 Å². The zero-order valence-electron chi connectivity index (χ0n) is 12.5. The number of benzene rings is 2. The summed E-state index contributed by atoms with van der Waals surface area (Å²) >= 11 is 0. The predicted molar refractivity (Wildman–Crippen MR) is 82.9 cm³/mol. The molecule has 1 aliphatic rings. The molecule has 0 saturated heterocycles. The van der Waals surface area contributed by atoms with Gasteiger partial charge in [-0.3, -0.25) is 4.79 Å². The SMILES string of the molecule is O=C(NC(c1ccc2c(c1)OCO2)C(O)C(=O)O)c1ccccc1. The molecule has 0 fully saturated rings. The van der Waals surface area contributed by atoms with Gasteiger partial charge in [-0.15, -0.1) is 0 Å². The van der Waals surface area contributed by atoms with E-state index in [4.69, 9.17) is 14.6 Å². The smallest absolute Gasteiger partial charge is 0.335 e. The highest BCUT2D eigenvalue weighted by Crippen LogP contribution is 2.35. The summed E-state index contributed by atoms with van der Waals surface area (Å²) in [5.41, 5.74) is 0.763. The van der Waals surface area contributed by atoms with Crippen LogP contribution < -0.4 is 14.8 Å². The van der Waals surface area contributed by atoms with Crippen LogP contribution in [0, 0.1) is 0 Å². The number of ether oxygens (including phenoxy) is 2. The van der Waals surface area contributed by atoms with Crippen molar-refractivity contribution >= 4 is 11.9 Å². The Hall–Kier alpha value is -3.06. The van der Waals surface area contributed by atoms with Crippen LogP contribution in [0.1, 0.15) is 22.0 Å². The second kappa shape index (κ2) is 6.59. The van der Waals surface area contributed by atoms with E-state index in [1.807, 2.05) is 0 Å². The van der Waals surface area contributed by atoms with Crippen LogP contribution in [0.3, 0.4) is 0 Å². The number of aliphatic hydroxyl groups is 1. The summed E-state index contributed by atoms with van der Waals surface area (Å²) in [5, 5.41) is 21.7. The second-order valence-corrected chi connectivity index (χ2v) is 5.21. The van der Waals surface area contributed by atoms with Gasteiger partial charge in [-0.25, -0.2) is 4.79 Å². The lowest BCUT2D eigenvalue weighted by atomic mass is 10.00. The fourth-order valence-corrected chi connectivity index (χ4v) is 2.41. The van der Waals surface area contributed by atoms with Gasteiger partial charge in [0.05, 0.1) is 6.04 Å². The molecule has 7 nitrogen and oxygen atoms in total. The molecule has 1 heterocycles. The minimum atomic E-state index is -1.81. The first-order valence-corrected chi connectivity index (χ1v) is 7.22. The molecule has 2 aromatic rings. The van der Waals surface area contributed by atoms with Crippen molar-refractivity contribution in [1.82, 2.24) is 5.32 Å². The lowest BCUT2D eigenvalue weighted by Crippen LogP contribution is -2.40. The van der Waals surface area contributed by atoms with E-state index in [2.05, 4.69) is 5.32 Å². The second-order valence-electron chi connectivity index (χ2n) is 5.21. The highest BCUT2D eigenvalue weighted by molar-refractivity contribution is 5.94. The number of hydrogen-bond donors (Lipinski definition) is 3. The number of hydrogen-bond acceptors (Lipinski definition) is 5. The van der Waals surface area contributed by atoms with Crippen molar-refractivity contribution in [2.24, 2.45) is 0 Å². The first-order valence-electron chi connectivity index (χ1n) is 7.22. The molecule has 24 heavy (non-hydrogen) atoms. The van der Waals surface area contributed by atoms with Crippen LogP contribution in [0.15, 0.2) is 48.5 Å². The molecular weight excluding hydrogens is 314 g/mol. The van der Waals surface area contributed by atoms with Crippen molar-refractivity contribution in [2.45, 2.75) is 12.1 Å². The molecule has 1 amide bonds. The average Bonchev–Trinajstić information content (AvgIpc) is 3.07. The molecule has 2 aromatic carbocycles. The van der Waals surface area contributed by atoms with E-state index in [0.29, 0.717) is 22.6 Å². The van der Waals surface area contributed by atoms with Gasteiger partial charge in [0.15, 0.2) is 17.6 Å². The molecule has 7 heteroatoms. The van der Waals surface area contributed by atoms with Crippen LogP contribution in [0.25, 0.3) is 0 Å². The van der Waals surface area contributed by atoms with E-state index in [-0.39, 0.29) is 6.79 Å². The summed E-state index contributed by atoms with van der Waals surface area (Å²) in [4.78, 5) is 23.5. The van der Waals surface area contributed by atoms with E-state index in [1.165, 1.54) is 0 Å². The normalized spacial score (nSPS) is 14.7. The molecule has 0 spiro atoms. The van der Waals surface area contributed by atoms with Gasteiger partial charge in [0.1, 0.15) is 0 Å². The topological polar surface area (TPSA) is 105 Å². The number of carbonyl (C=O) groups is 2. The molecular formula is C17H15NO6. The van der Waals surface area contributed by atoms with E-state index >= 15 is 0 Å². The maximum Gasteiger partial charge on any atom is 0.335 e. The summed E-state index contributed by atoms with van der Waals surface area (Å²) in [5.74, 6) is -0.967. The van der Waals surface area contributed by atoms with Crippen molar-refractivity contribution in [3.05, 3.63) is 59.7 Å². The van der Waals surface area contributed by atoms with Crippen LogP contribution in [-0.2, 0) is 4.79 Å². The van der Waals surface area contributed by atoms with Crippen LogP contribution in [0.4, 0.5) is 0 Å². The highest BCUT2D eigenvalue weighted by atomic mass is 16.7. The van der Waals surface area contributed by atoms with E-state index in [9.17, 15) is 14.7 Å². The van der Waals surface area contributed by atoms with Gasteiger partial charge in [0.2, 0.25) is 6.79 Å². The third kappa shape index (κ3) is 3.16. The fourth-order valence-electron chi connectivity index (χ4n) is 2.41. The zero-order chi connectivity index (χ0) is 17.1. The van der Waals surface area contributed by atoms with Crippen molar-refractivity contribution < 1.29 is 29.3 Å². The molecule has 0 aliphatic carbocycles. The van der Waals surface area contributed by atoms with Crippen LogP contribution in [0.5, 0.6) is 11.5 Å². The molecule has 1 aliphatic heterocycles. The van der Waals surface area contributed by atoms with E-state index in [0.717, 1.165) is 0 Å². The molecule has 0 saturated carbocycles. The Morgan fingerprint density at radius 3 is 2.46 bits per heavy atom. The number of amides is 1. The number of carboxylic acids is 1. The largest absolute Gasteiger partial charge is 0.479 e. The van der Waals surface area contributed by atoms with Gasteiger partial charge in [-0.2, -0.15) is 0 Å². The fraction of sp³-hybridized carbons (Fsp3) is 0.176. The molecule has 0 radical (unpaired) electrons. The number of carboxylic acid groups (broad SMARTS) is 1. The van der Waals surface area contributed by atoms with Crippen LogP contribution >= 0.6 is 0 Å². The molecule has 124 valence electrons. The molecule has 0 bridgehead atoms. The van der Waals surface area contributed by atoms with Crippen molar-refractivity contribution in [1.29, 1.82) is 0 Å². The van der Waals surface area contributed by atoms with Crippen molar-refractivity contribution in [3.63, 3.8) is 0 Å². The Kier molecular flexibility index (Phi) is 4.35. The Morgan fingerprint density at radius 2 is 1.75 bits per heavy atom. The first kappa shape index (κ1) is 15.8. The maximum atomic E-state index is 12.3. The van der Waals surface area contributed by atoms with E-state index in [1.54, 1.807) is 48.5 Å². The number of aliphatic hydroxyl groups excluding tert-OH is 1. The molecule has 3 N–H and O–H groups in total. The van der Waals surface area contributed by atoms with Crippen LogP contribution in [-0.4, -0.2) is 35.0 Å². The number of rotatable bonds is 5. The molecule has 2 unspecified atom stereocenters. The lowest BCUT2D eigenvalue weighted by molar-refractivity contribution is -0.148. The summed E-state index contributed by atoms with van der Waals surface area (Å²) in [6.07, 6.45) is -1.81. The predicted octanol–water partition coefficient (Wildman–Crippen LogP) is 1.33. The minimum Gasteiger partial charge on any atom is -0.479 e. The zero-order valence-corrected chi connectivity index (χ0v) is 12.5. The lowest BCUT2D eigenvalue weighted by Gasteiger charge is -2.22.